The molecule has 0 aliphatic rings. The van der Waals surface area contributed by atoms with E-state index in [9.17, 15) is 0 Å². The molecule has 0 unspecified atom stereocenters. The fourth-order valence-corrected chi connectivity index (χ4v) is 0.560. The van der Waals surface area contributed by atoms with E-state index in [-0.39, 0.29) is 0 Å². The zero-order valence-electron chi connectivity index (χ0n) is 5.50. The molecule has 1 aromatic carbocycles. The van der Waals surface area contributed by atoms with E-state index < -0.39 is 0 Å². The second kappa shape index (κ2) is 6.11. The maximum Gasteiger partial charge on any atom is 0.0405 e. The monoisotopic (exact) mass is 156 g/mol. The molecule has 1 aromatic rings. The highest BCUT2D eigenvalue weighted by Gasteiger charge is 1.74. The van der Waals surface area contributed by atoms with Crippen molar-refractivity contribution in [2.24, 2.45) is 10.9 Å². The lowest BCUT2D eigenvalue weighted by Gasteiger charge is -1.80. The lowest BCUT2D eigenvalue weighted by atomic mass is 10.4. The summed E-state index contributed by atoms with van der Waals surface area (Å²) >= 11 is 5.54. The fourth-order valence-electron chi connectivity index (χ4n) is 0.415. The van der Waals surface area contributed by atoms with Gasteiger partial charge in [0.05, 0.1) is 0 Å². The summed E-state index contributed by atoms with van der Waals surface area (Å²) < 4.78 is 0. The van der Waals surface area contributed by atoms with E-state index in [1.54, 1.807) is 0 Å². The van der Waals surface area contributed by atoms with Gasteiger partial charge in [-0.15, -0.1) is 0 Å². The third-order valence-corrected chi connectivity index (χ3v) is 0.985. The van der Waals surface area contributed by atoms with Gasteiger partial charge in [-0.1, -0.05) is 29.8 Å². The Hall–Kier alpha value is -1.02. The van der Waals surface area contributed by atoms with E-state index >= 15 is 0 Å². The van der Waals surface area contributed by atoms with Crippen molar-refractivity contribution in [3.63, 3.8) is 0 Å². The van der Waals surface area contributed by atoms with Crippen LogP contribution >= 0.6 is 11.6 Å². The van der Waals surface area contributed by atoms with Crippen molar-refractivity contribution >= 4 is 18.3 Å². The Morgan fingerprint density at radius 3 is 1.90 bits per heavy atom. The van der Waals surface area contributed by atoms with E-state index in [4.69, 9.17) is 11.6 Å². The van der Waals surface area contributed by atoms with Crippen LogP contribution in [0.5, 0.6) is 0 Å². The molecule has 10 heavy (non-hydrogen) atoms. The number of halogens is 1. The second-order valence-electron chi connectivity index (χ2n) is 1.48. The van der Waals surface area contributed by atoms with Crippen molar-refractivity contribution in [3.05, 3.63) is 35.4 Å². The molecule has 3 heteroatoms. The van der Waals surface area contributed by atoms with Crippen LogP contribution in [0.4, 0.5) is 0 Å². The van der Waals surface area contributed by atoms with Gasteiger partial charge in [0.1, 0.15) is 0 Å². The third-order valence-electron chi connectivity index (χ3n) is 0.733. The van der Waals surface area contributed by atoms with Gasteiger partial charge in [-0.2, -0.15) is 5.10 Å². The molecule has 0 aliphatic carbocycles. The molecule has 0 spiro atoms. The lowest BCUT2D eigenvalue weighted by molar-refractivity contribution is 1.28. The van der Waals surface area contributed by atoms with Crippen LogP contribution in [0.1, 0.15) is 0 Å². The van der Waals surface area contributed by atoms with Crippen LogP contribution in [0.2, 0.25) is 5.02 Å². The highest BCUT2D eigenvalue weighted by molar-refractivity contribution is 6.30. The van der Waals surface area contributed by atoms with Gasteiger partial charge in [0.15, 0.2) is 0 Å². The Labute approximate surface area is 65.3 Å². The molecule has 0 fully saturated rings. The molecule has 0 radical (unpaired) electrons. The highest BCUT2D eigenvalue weighted by atomic mass is 35.5. The Bertz CT molecular complexity index is 174. The maximum atomic E-state index is 5.54. The zero-order valence-corrected chi connectivity index (χ0v) is 6.25. The molecular formula is C7H9ClN2. The van der Waals surface area contributed by atoms with Gasteiger partial charge in [0.2, 0.25) is 0 Å². The molecular weight excluding hydrogens is 148 g/mol. The molecule has 0 amide bonds. The van der Waals surface area contributed by atoms with Crippen molar-refractivity contribution in [1.82, 2.24) is 0 Å². The molecule has 0 aromatic heterocycles. The number of nitrogens with zero attached hydrogens (tertiary/aromatic N) is 1. The number of hydrogen-bond acceptors (Lipinski definition) is 2. The lowest BCUT2D eigenvalue weighted by Crippen LogP contribution is -1.68. The molecule has 1 rings (SSSR count). The Morgan fingerprint density at radius 2 is 1.70 bits per heavy atom. The molecule has 0 atom stereocenters. The van der Waals surface area contributed by atoms with Crippen LogP contribution < -0.4 is 5.84 Å². The number of nitrogens with two attached hydrogens (primary N) is 1. The van der Waals surface area contributed by atoms with E-state index in [2.05, 4.69) is 17.7 Å². The number of hydrogen-bond donors (Lipinski definition) is 1. The van der Waals surface area contributed by atoms with Crippen LogP contribution in [0.3, 0.4) is 0 Å². The van der Waals surface area contributed by atoms with Crippen molar-refractivity contribution in [2.45, 2.75) is 0 Å². The molecule has 0 heterocycles. The summed E-state index contributed by atoms with van der Waals surface area (Å²) in [6.45, 7) is 2.89. The summed E-state index contributed by atoms with van der Waals surface area (Å²) in [6.07, 6.45) is 0. The van der Waals surface area contributed by atoms with Gasteiger partial charge in [-0.05, 0) is 12.1 Å². The van der Waals surface area contributed by atoms with Crippen LogP contribution in [0, 0.1) is 0 Å². The highest BCUT2D eigenvalue weighted by Crippen LogP contribution is 2.03. The topological polar surface area (TPSA) is 38.4 Å². The molecule has 0 aliphatic heterocycles. The summed E-state index contributed by atoms with van der Waals surface area (Å²) in [5.74, 6) is 4.36. The van der Waals surface area contributed by atoms with Gasteiger partial charge in [0.25, 0.3) is 0 Å². The van der Waals surface area contributed by atoms with Gasteiger partial charge in [0, 0.05) is 11.7 Å². The Balaban J connectivity index is 0.000000236. The Morgan fingerprint density at radius 1 is 1.30 bits per heavy atom. The van der Waals surface area contributed by atoms with Gasteiger partial charge < -0.3 is 5.84 Å². The molecule has 0 saturated heterocycles. The van der Waals surface area contributed by atoms with E-state index in [0.717, 1.165) is 5.02 Å². The van der Waals surface area contributed by atoms with Crippen molar-refractivity contribution in [3.8, 4) is 0 Å². The standard InChI is InChI=1S/C6H5Cl.CH4N2/c7-6-4-2-1-3-5-6;1-3-2/h1-5H;1-2H2. The first kappa shape index (κ1) is 8.98. The molecule has 54 valence electrons. The molecule has 0 saturated carbocycles. The summed E-state index contributed by atoms with van der Waals surface area (Å²) in [4.78, 5) is 0. The molecule has 2 N–H and O–H groups in total. The van der Waals surface area contributed by atoms with Crippen LogP contribution in [0.25, 0.3) is 0 Å². The van der Waals surface area contributed by atoms with Gasteiger partial charge >= 0.3 is 0 Å². The average molecular weight is 157 g/mol. The quantitative estimate of drug-likeness (QED) is 0.348. The first-order valence-electron chi connectivity index (χ1n) is 2.67. The summed E-state index contributed by atoms with van der Waals surface area (Å²) in [7, 11) is 0. The minimum atomic E-state index is 0.794. The normalized spacial score (nSPS) is 7.30. The predicted octanol–water partition coefficient (Wildman–Crippen LogP) is 1.90. The average Bonchev–Trinajstić information content (AvgIpc) is 1.91. The van der Waals surface area contributed by atoms with Crippen LogP contribution in [0.15, 0.2) is 35.4 Å². The van der Waals surface area contributed by atoms with Gasteiger partial charge in [-0.25, -0.2) is 0 Å². The maximum absolute atomic E-state index is 5.54. The summed E-state index contributed by atoms with van der Waals surface area (Å²) in [6, 6.07) is 9.44. The third kappa shape index (κ3) is 5.12. The number of rotatable bonds is 0. The van der Waals surface area contributed by atoms with Crippen molar-refractivity contribution < 1.29 is 0 Å². The van der Waals surface area contributed by atoms with Crippen LogP contribution in [-0.4, -0.2) is 6.72 Å². The minimum Gasteiger partial charge on any atom is -0.324 e. The Kier molecular flexibility index (Phi) is 5.48. The second-order valence-corrected chi connectivity index (χ2v) is 1.91. The van der Waals surface area contributed by atoms with E-state index in [0.29, 0.717) is 0 Å². The first-order valence-corrected chi connectivity index (χ1v) is 3.05. The summed E-state index contributed by atoms with van der Waals surface area (Å²) in [5.41, 5.74) is 0. The first-order chi connectivity index (χ1) is 4.81. The van der Waals surface area contributed by atoms with E-state index in [1.807, 2.05) is 30.3 Å². The van der Waals surface area contributed by atoms with Crippen molar-refractivity contribution in [2.75, 3.05) is 0 Å². The largest absolute Gasteiger partial charge is 0.324 e. The van der Waals surface area contributed by atoms with E-state index in [1.165, 1.54) is 0 Å². The van der Waals surface area contributed by atoms with Crippen molar-refractivity contribution in [1.29, 1.82) is 0 Å². The molecule has 2 nitrogen and oxygen atoms in total. The summed E-state index contributed by atoms with van der Waals surface area (Å²) in [5, 5.41) is 3.54. The number of hydrazone groups is 1. The smallest absolute Gasteiger partial charge is 0.0405 e. The van der Waals surface area contributed by atoms with Crippen LogP contribution in [-0.2, 0) is 0 Å². The zero-order chi connectivity index (χ0) is 7.82. The minimum absolute atomic E-state index is 0.794. The van der Waals surface area contributed by atoms with Gasteiger partial charge in [-0.3, -0.25) is 0 Å². The number of benzene rings is 1. The molecule has 0 bridgehead atoms. The SMILES string of the molecule is C=NN.Clc1ccccc1. The predicted molar refractivity (Wildman–Crippen MR) is 45.2 cm³/mol. The fraction of sp³-hybridized carbons (Fsp3) is 0.